The van der Waals surface area contributed by atoms with Crippen molar-refractivity contribution in [3.63, 3.8) is 0 Å². The third-order valence-electron chi connectivity index (χ3n) is 7.67. The fraction of sp³-hybridized carbons (Fsp3) is 0.387. The summed E-state index contributed by atoms with van der Waals surface area (Å²) in [7, 11) is 1.72. The standard InChI is InChI=1S/C31H34FN7O/c1-19-18-39(29(21-7-9-22(32)10-8-21)24-13-14-34-30(36-24)31(3,4)5)20(2)17-38(19)26-15-27(40)37(6)25-12-11-23(16-33)35-28(25)26/h7-15,19-20,29H,17-18H2,1-6H3/t19-,20+,29?/m0/s1. The van der Waals surface area contributed by atoms with Gasteiger partial charge in [0, 0.05) is 49.9 Å². The second-order valence-electron chi connectivity index (χ2n) is 11.7. The second-order valence-corrected chi connectivity index (χ2v) is 11.7. The molecule has 0 amide bonds. The minimum absolute atomic E-state index is 0.00548. The molecule has 0 bridgehead atoms. The van der Waals surface area contributed by atoms with Gasteiger partial charge in [0.1, 0.15) is 28.9 Å². The topological polar surface area (TPSA) is 90.9 Å². The van der Waals surface area contributed by atoms with Gasteiger partial charge in [-0.25, -0.2) is 19.3 Å². The van der Waals surface area contributed by atoms with Crippen molar-refractivity contribution >= 4 is 16.7 Å². The number of pyridine rings is 2. The van der Waals surface area contributed by atoms with E-state index in [9.17, 15) is 14.4 Å². The summed E-state index contributed by atoms with van der Waals surface area (Å²) in [5, 5.41) is 9.48. The monoisotopic (exact) mass is 539 g/mol. The molecule has 1 aliphatic heterocycles. The lowest BCUT2D eigenvalue weighted by molar-refractivity contribution is 0.127. The molecule has 40 heavy (non-hydrogen) atoms. The van der Waals surface area contributed by atoms with Crippen LogP contribution in [0.5, 0.6) is 0 Å². The third kappa shape index (κ3) is 5.07. The first-order valence-corrected chi connectivity index (χ1v) is 13.5. The number of benzene rings is 1. The molecule has 8 nitrogen and oxygen atoms in total. The SMILES string of the molecule is C[C@@H]1CN(c2cc(=O)n(C)c3ccc(C#N)nc23)[C@@H](C)CN1C(c1ccc(F)cc1)c1ccnc(C(C)(C)C)n1. The van der Waals surface area contributed by atoms with Crippen molar-refractivity contribution < 1.29 is 4.39 Å². The molecule has 1 aliphatic rings. The maximum atomic E-state index is 13.9. The molecule has 3 aromatic heterocycles. The Hall–Kier alpha value is -4.16. The highest BCUT2D eigenvalue weighted by atomic mass is 19.1. The number of halogens is 1. The summed E-state index contributed by atoms with van der Waals surface area (Å²) in [5.74, 6) is 0.469. The number of piperazine rings is 1. The van der Waals surface area contributed by atoms with Crippen molar-refractivity contribution in [3.8, 4) is 6.07 Å². The molecule has 1 fully saturated rings. The number of hydrogen-bond acceptors (Lipinski definition) is 7. The largest absolute Gasteiger partial charge is 0.364 e. The Kier molecular flexibility index (Phi) is 7.15. The zero-order valence-electron chi connectivity index (χ0n) is 23.8. The van der Waals surface area contributed by atoms with Gasteiger partial charge in [-0.2, -0.15) is 5.26 Å². The predicted octanol–water partition coefficient (Wildman–Crippen LogP) is 4.72. The number of rotatable bonds is 4. The first-order valence-electron chi connectivity index (χ1n) is 13.5. The zero-order chi connectivity index (χ0) is 28.8. The van der Waals surface area contributed by atoms with E-state index in [1.54, 1.807) is 36.0 Å². The van der Waals surface area contributed by atoms with E-state index in [1.807, 2.05) is 18.2 Å². The van der Waals surface area contributed by atoms with E-state index in [-0.39, 0.29) is 34.9 Å². The maximum Gasteiger partial charge on any atom is 0.252 e. The Bertz CT molecular complexity index is 1650. The molecule has 0 saturated carbocycles. The van der Waals surface area contributed by atoms with E-state index in [4.69, 9.17) is 4.98 Å². The van der Waals surface area contributed by atoms with Crippen molar-refractivity contribution in [2.24, 2.45) is 7.05 Å². The highest BCUT2D eigenvalue weighted by Gasteiger charge is 2.37. The zero-order valence-corrected chi connectivity index (χ0v) is 23.8. The van der Waals surface area contributed by atoms with Crippen molar-refractivity contribution in [3.05, 3.63) is 93.7 Å². The van der Waals surface area contributed by atoms with E-state index in [0.717, 1.165) is 22.8 Å². The number of anilines is 1. The fourth-order valence-corrected chi connectivity index (χ4v) is 5.51. The molecule has 0 radical (unpaired) electrons. The van der Waals surface area contributed by atoms with Crippen LogP contribution in [0.2, 0.25) is 0 Å². The molecule has 5 rings (SSSR count). The average Bonchev–Trinajstić information content (AvgIpc) is 2.93. The fourth-order valence-electron chi connectivity index (χ4n) is 5.51. The molecule has 9 heteroatoms. The minimum atomic E-state index is -0.284. The molecule has 1 saturated heterocycles. The highest BCUT2D eigenvalue weighted by Crippen LogP contribution is 2.36. The van der Waals surface area contributed by atoms with Crippen LogP contribution in [0.4, 0.5) is 10.1 Å². The van der Waals surface area contributed by atoms with Crippen LogP contribution in [0.3, 0.4) is 0 Å². The lowest BCUT2D eigenvalue weighted by Crippen LogP contribution is -2.57. The highest BCUT2D eigenvalue weighted by molar-refractivity contribution is 5.89. The quantitative estimate of drug-likeness (QED) is 0.371. The summed E-state index contributed by atoms with van der Waals surface area (Å²) >= 11 is 0. The molecule has 206 valence electrons. The number of hydrogen-bond donors (Lipinski definition) is 0. The van der Waals surface area contributed by atoms with E-state index in [2.05, 4.69) is 60.5 Å². The van der Waals surface area contributed by atoms with Gasteiger partial charge in [0.25, 0.3) is 5.56 Å². The van der Waals surface area contributed by atoms with Gasteiger partial charge in [0.2, 0.25) is 0 Å². The summed E-state index contributed by atoms with van der Waals surface area (Å²) in [6.45, 7) is 11.8. The lowest BCUT2D eigenvalue weighted by atomic mass is 9.93. The van der Waals surface area contributed by atoms with Crippen LogP contribution in [0.1, 0.15) is 63.4 Å². The van der Waals surface area contributed by atoms with E-state index in [1.165, 1.54) is 12.1 Å². The van der Waals surface area contributed by atoms with Crippen molar-refractivity contribution in [2.75, 3.05) is 18.0 Å². The van der Waals surface area contributed by atoms with E-state index in [0.29, 0.717) is 29.8 Å². The molecule has 3 atom stereocenters. The lowest BCUT2D eigenvalue weighted by Gasteiger charge is -2.48. The summed E-state index contributed by atoms with van der Waals surface area (Å²) in [6.07, 6.45) is 1.80. The van der Waals surface area contributed by atoms with Crippen molar-refractivity contribution in [2.45, 2.75) is 58.2 Å². The van der Waals surface area contributed by atoms with Crippen molar-refractivity contribution in [1.29, 1.82) is 5.26 Å². The van der Waals surface area contributed by atoms with Gasteiger partial charge in [-0.15, -0.1) is 0 Å². The maximum absolute atomic E-state index is 13.9. The number of fused-ring (bicyclic) bond motifs is 1. The van der Waals surface area contributed by atoms with Crippen LogP contribution >= 0.6 is 0 Å². The van der Waals surface area contributed by atoms with Crippen LogP contribution in [0.15, 0.2) is 59.5 Å². The average molecular weight is 540 g/mol. The molecular formula is C31H34FN7O. The van der Waals surface area contributed by atoms with Crippen LogP contribution in [0, 0.1) is 17.1 Å². The Morgan fingerprint density at radius 3 is 2.42 bits per heavy atom. The smallest absolute Gasteiger partial charge is 0.252 e. The van der Waals surface area contributed by atoms with Crippen LogP contribution in [-0.2, 0) is 12.5 Å². The molecule has 0 spiro atoms. The molecular weight excluding hydrogens is 505 g/mol. The van der Waals surface area contributed by atoms with E-state index >= 15 is 0 Å². The van der Waals surface area contributed by atoms with Crippen LogP contribution in [0.25, 0.3) is 11.0 Å². The molecule has 0 aliphatic carbocycles. The number of nitrogens with zero attached hydrogens (tertiary/aromatic N) is 7. The van der Waals surface area contributed by atoms with Gasteiger partial charge in [0.05, 0.1) is 22.9 Å². The molecule has 1 unspecified atom stereocenters. The molecule has 0 N–H and O–H groups in total. The number of nitriles is 1. The van der Waals surface area contributed by atoms with Gasteiger partial charge in [-0.1, -0.05) is 32.9 Å². The van der Waals surface area contributed by atoms with Gasteiger partial charge < -0.3 is 9.47 Å². The minimum Gasteiger partial charge on any atom is -0.364 e. The Balaban J connectivity index is 1.57. The Morgan fingerprint density at radius 2 is 1.75 bits per heavy atom. The second kappa shape index (κ2) is 10.4. The van der Waals surface area contributed by atoms with Crippen LogP contribution < -0.4 is 10.5 Å². The van der Waals surface area contributed by atoms with E-state index < -0.39 is 0 Å². The molecule has 1 aromatic carbocycles. The molecule has 4 aromatic rings. The Labute approximate surface area is 233 Å². The van der Waals surface area contributed by atoms with Gasteiger partial charge >= 0.3 is 0 Å². The normalized spacial score (nSPS) is 19.0. The van der Waals surface area contributed by atoms with Gasteiger partial charge in [-0.05, 0) is 49.7 Å². The van der Waals surface area contributed by atoms with Gasteiger partial charge in [0.15, 0.2) is 0 Å². The Morgan fingerprint density at radius 1 is 1.02 bits per heavy atom. The number of aromatic nitrogens is 4. The van der Waals surface area contributed by atoms with Gasteiger partial charge in [-0.3, -0.25) is 9.69 Å². The summed E-state index contributed by atoms with van der Waals surface area (Å²) in [4.78, 5) is 31.6. The predicted molar refractivity (Wildman–Crippen MR) is 154 cm³/mol. The summed E-state index contributed by atoms with van der Waals surface area (Å²) in [5.41, 5.74) is 3.81. The third-order valence-corrected chi connectivity index (χ3v) is 7.67. The first kappa shape index (κ1) is 27.4. The molecule has 4 heterocycles. The number of aryl methyl sites for hydroxylation is 1. The first-order chi connectivity index (χ1) is 19.0. The van der Waals surface area contributed by atoms with Crippen molar-refractivity contribution in [1.82, 2.24) is 24.4 Å². The van der Waals surface area contributed by atoms with Crippen LogP contribution in [-0.4, -0.2) is 49.6 Å². The summed E-state index contributed by atoms with van der Waals surface area (Å²) in [6, 6.07) is 15.5. The summed E-state index contributed by atoms with van der Waals surface area (Å²) < 4.78 is 15.5.